The molecule has 3 aliphatic rings. The molecule has 7 atom stereocenters. The number of allylic oxidation sites excluding steroid dienone is 1. The van der Waals surface area contributed by atoms with Gasteiger partial charge >= 0.3 is 5.97 Å². The SMILES string of the molecule is C=CCCCOC(=O)[C@H]1[C@@H]2SC3(CC2Br)C(C(=O)N(CC=C)c2ccc(OC)cc2)N([C@@H](CO)C(C)C)C(=O)[C@H]13. The van der Waals surface area contributed by atoms with E-state index in [-0.39, 0.29) is 47.6 Å². The predicted octanol–water partition coefficient (Wildman–Crippen LogP) is 4.21. The largest absolute Gasteiger partial charge is 0.497 e. The van der Waals surface area contributed by atoms with E-state index in [1.54, 1.807) is 65.1 Å². The number of hydrogen-bond acceptors (Lipinski definition) is 7. The van der Waals surface area contributed by atoms with E-state index in [2.05, 4.69) is 29.1 Å². The van der Waals surface area contributed by atoms with Crippen LogP contribution in [0.15, 0.2) is 49.6 Å². The van der Waals surface area contributed by atoms with Crippen LogP contribution < -0.4 is 9.64 Å². The Labute approximate surface area is 249 Å². The third-order valence-electron chi connectivity index (χ3n) is 8.31. The van der Waals surface area contributed by atoms with Gasteiger partial charge in [-0.1, -0.05) is 41.9 Å². The number of methoxy groups -OCH3 is 1. The molecule has 0 aliphatic carbocycles. The molecule has 4 rings (SSSR count). The second-order valence-corrected chi connectivity index (χ2v) is 13.7. The van der Waals surface area contributed by atoms with Gasteiger partial charge in [0.1, 0.15) is 11.8 Å². The van der Waals surface area contributed by atoms with Crippen LogP contribution in [0.1, 0.15) is 33.1 Å². The van der Waals surface area contributed by atoms with E-state index in [1.165, 1.54) is 0 Å². The second-order valence-electron chi connectivity index (χ2n) is 10.9. The van der Waals surface area contributed by atoms with Crippen LogP contribution in [0.4, 0.5) is 5.69 Å². The third-order valence-corrected chi connectivity index (χ3v) is 11.5. The van der Waals surface area contributed by atoms with Crippen molar-refractivity contribution in [2.75, 3.05) is 31.8 Å². The molecule has 40 heavy (non-hydrogen) atoms. The third kappa shape index (κ3) is 5.23. The maximum absolute atomic E-state index is 14.7. The summed E-state index contributed by atoms with van der Waals surface area (Å²) in [5.41, 5.74) is 0.647. The van der Waals surface area contributed by atoms with Crippen molar-refractivity contribution in [3.05, 3.63) is 49.6 Å². The molecule has 3 unspecified atom stereocenters. The van der Waals surface area contributed by atoms with Crippen molar-refractivity contribution in [2.45, 2.75) is 60.0 Å². The van der Waals surface area contributed by atoms with Crippen LogP contribution in [0.5, 0.6) is 5.75 Å². The minimum absolute atomic E-state index is 0.0667. The van der Waals surface area contributed by atoms with Gasteiger partial charge in [0.05, 0.1) is 42.9 Å². The fourth-order valence-corrected chi connectivity index (χ4v) is 10.0. The van der Waals surface area contributed by atoms with Crippen molar-refractivity contribution >= 4 is 51.2 Å². The molecule has 218 valence electrons. The number of aliphatic hydroxyl groups excluding tert-OH is 1. The van der Waals surface area contributed by atoms with E-state index >= 15 is 0 Å². The van der Waals surface area contributed by atoms with Crippen LogP contribution in [0.2, 0.25) is 0 Å². The number of nitrogens with zero attached hydrogens (tertiary/aromatic N) is 2. The molecule has 0 radical (unpaired) electrons. The molecule has 0 saturated carbocycles. The number of hydrogen-bond donors (Lipinski definition) is 1. The summed E-state index contributed by atoms with van der Waals surface area (Å²) in [6, 6.07) is 5.72. The summed E-state index contributed by atoms with van der Waals surface area (Å²) in [4.78, 5) is 45.6. The van der Waals surface area contributed by atoms with E-state index in [0.29, 0.717) is 24.3 Å². The Hall–Kier alpha value is -2.30. The van der Waals surface area contributed by atoms with Crippen molar-refractivity contribution in [1.82, 2.24) is 4.90 Å². The number of thioether (sulfide) groups is 1. The molecule has 3 saturated heterocycles. The number of anilines is 1. The summed E-state index contributed by atoms with van der Waals surface area (Å²) >= 11 is 5.34. The topological polar surface area (TPSA) is 96.4 Å². The lowest BCUT2D eigenvalue weighted by Crippen LogP contribution is -2.59. The molecule has 8 nitrogen and oxygen atoms in total. The van der Waals surface area contributed by atoms with Crippen LogP contribution >= 0.6 is 27.7 Å². The number of rotatable bonds is 13. The van der Waals surface area contributed by atoms with Gasteiger partial charge in [-0.2, -0.15) is 0 Å². The van der Waals surface area contributed by atoms with Gasteiger partial charge in [0.2, 0.25) is 5.91 Å². The molecule has 0 aromatic heterocycles. The van der Waals surface area contributed by atoms with Gasteiger partial charge in [0, 0.05) is 22.3 Å². The van der Waals surface area contributed by atoms with Crippen molar-refractivity contribution in [3.63, 3.8) is 0 Å². The normalized spacial score (nSPS) is 29.3. The highest BCUT2D eigenvalue weighted by atomic mass is 79.9. The van der Waals surface area contributed by atoms with E-state index in [1.807, 2.05) is 13.8 Å². The van der Waals surface area contributed by atoms with Crippen LogP contribution in [0.25, 0.3) is 0 Å². The van der Waals surface area contributed by atoms with Gasteiger partial charge in [0.25, 0.3) is 5.91 Å². The molecular formula is C30H39BrN2O6S. The second kappa shape index (κ2) is 12.7. The molecule has 3 heterocycles. The zero-order chi connectivity index (χ0) is 29.2. The number of carbonyl (C=O) groups excluding carboxylic acids is 3. The maximum atomic E-state index is 14.7. The smallest absolute Gasteiger partial charge is 0.310 e. The molecule has 3 aliphatic heterocycles. The van der Waals surface area contributed by atoms with E-state index < -0.39 is 34.6 Å². The van der Waals surface area contributed by atoms with Gasteiger partial charge in [0.15, 0.2) is 0 Å². The zero-order valence-corrected chi connectivity index (χ0v) is 25.7. The van der Waals surface area contributed by atoms with Gasteiger partial charge in [-0.3, -0.25) is 14.4 Å². The molecule has 1 aromatic rings. The number of benzene rings is 1. The number of amides is 2. The zero-order valence-electron chi connectivity index (χ0n) is 23.3. The molecule has 3 fully saturated rings. The summed E-state index contributed by atoms with van der Waals surface area (Å²) in [5, 5.41) is 10.3. The van der Waals surface area contributed by atoms with Crippen molar-refractivity contribution in [2.24, 2.45) is 17.8 Å². The fraction of sp³-hybridized carbons (Fsp3) is 0.567. The van der Waals surface area contributed by atoms with E-state index in [9.17, 15) is 19.5 Å². The van der Waals surface area contributed by atoms with Crippen LogP contribution in [0.3, 0.4) is 0 Å². The number of alkyl halides is 1. The molecule has 2 amide bonds. The lowest BCUT2D eigenvalue weighted by Gasteiger charge is -2.40. The number of ether oxygens (including phenoxy) is 2. The lowest BCUT2D eigenvalue weighted by molar-refractivity contribution is -0.154. The Morgan fingerprint density at radius 2 is 1.98 bits per heavy atom. The Morgan fingerprint density at radius 1 is 1.27 bits per heavy atom. The number of halogens is 1. The number of likely N-dealkylation sites (tertiary alicyclic amines) is 1. The average Bonchev–Trinajstić information content (AvgIpc) is 3.53. The number of unbranched alkanes of at least 4 members (excludes halogenated alkanes) is 1. The highest BCUT2D eigenvalue weighted by Gasteiger charge is 2.76. The Kier molecular flexibility index (Phi) is 9.73. The summed E-state index contributed by atoms with van der Waals surface area (Å²) < 4.78 is 10.1. The van der Waals surface area contributed by atoms with Crippen molar-refractivity contribution < 1.29 is 29.0 Å². The van der Waals surface area contributed by atoms with Gasteiger partial charge in [-0.05, 0) is 49.4 Å². The lowest BCUT2D eigenvalue weighted by atomic mass is 9.71. The molecule has 1 aromatic carbocycles. The van der Waals surface area contributed by atoms with Crippen LogP contribution in [0, 0.1) is 17.8 Å². The summed E-state index contributed by atoms with van der Waals surface area (Å²) in [7, 11) is 1.58. The first-order valence-corrected chi connectivity index (χ1v) is 15.5. The summed E-state index contributed by atoms with van der Waals surface area (Å²) in [6.45, 7) is 11.6. The van der Waals surface area contributed by atoms with E-state index in [0.717, 1.165) is 6.42 Å². The minimum atomic E-state index is -0.875. The van der Waals surface area contributed by atoms with Crippen molar-refractivity contribution in [1.29, 1.82) is 0 Å². The van der Waals surface area contributed by atoms with Crippen LogP contribution in [-0.4, -0.2) is 81.6 Å². The average molecular weight is 636 g/mol. The summed E-state index contributed by atoms with van der Waals surface area (Å²) in [6.07, 6.45) is 5.36. The Balaban J connectivity index is 1.78. The molecule has 10 heteroatoms. The standard InChI is InChI=1S/C30H39BrN2O6S/c1-6-8-9-15-39-29(37)23-24-27(35)33(22(17-34)18(3)4)26(30(24)16-21(31)25(23)40-30)28(36)32(14-7-2)19-10-12-20(38-5)13-11-19/h6-7,10-13,18,21-26,34H,1-2,8-9,14-17H2,3-5H3/t21?,22-,23+,24-,25+,26?,30?/m0/s1. The molecule has 2 bridgehead atoms. The Morgan fingerprint density at radius 3 is 2.55 bits per heavy atom. The van der Waals surface area contributed by atoms with Crippen molar-refractivity contribution in [3.8, 4) is 5.75 Å². The summed E-state index contributed by atoms with van der Waals surface area (Å²) in [5.74, 6) is -1.77. The maximum Gasteiger partial charge on any atom is 0.310 e. The first-order chi connectivity index (χ1) is 19.2. The van der Waals surface area contributed by atoms with Gasteiger partial charge in [-0.15, -0.1) is 24.9 Å². The van der Waals surface area contributed by atoms with E-state index in [4.69, 9.17) is 9.47 Å². The highest BCUT2D eigenvalue weighted by molar-refractivity contribution is 9.09. The van der Waals surface area contributed by atoms with Gasteiger partial charge < -0.3 is 24.4 Å². The fourth-order valence-electron chi connectivity index (χ4n) is 6.45. The number of carbonyl (C=O) groups is 3. The monoisotopic (exact) mass is 634 g/mol. The molecule has 1 spiro atoms. The minimum Gasteiger partial charge on any atom is -0.497 e. The molecular weight excluding hydrogens is 596 g/mol. The first-order valence-electron chi connectivity index (χ1n) is 13.8. The molecule has 1 N–H and O–H groups in total. The quantitative estimate of drug-likeness (QED) is 0.150. The predicted molar refractivity (Wildman–Crippen MR) is 161 cm³/mol. The number of fused-ring (bicyclic) bond motifs is 1. The van der Waals surface area contributed by atoms with Gasteiger partial charge in [-0.25, -0.2) is 0 Å². The highest BCUT2D eigenvalue weighted by Crippen LogP contribution is 2.68. The number of aliphatic hydroxyl groups is 1. The van der Waals surface area contributed by atoms with Crippen LogP contribution in [-0.2, 0) is 19.1 Å². The number of esters is 1. The first kappa shape index (κ1) is 30.7. The Bertz CT molecular complexity index is 1130.